The van der Waals surface area contributed by atoms with Crippen molar-refractivity contribution in [2.45, 2.75) is 6.61 Å². The van der Waals surface area contributed by atoms with Gasteiger partial charge < -0.3 is 4.74 Å². The molecule has 0 aromatic heterocycles. The third-order valence-corrected chi connectivity index (χ3v) is 2.48. The molecule has 0 bridgehead atoms. The molecule has 0 atom stereocenters. The van der Waals surface area contributed by atoms with E-state index in [1.165, 1.54) is 0 Å². The Kier molecular flexibility index (Phi) is 4.24. The van der Waals surface area contributed by atoms with Gasteiger partial charge >= 0.3 is 6.09 Å². The van der Waals surface area contributed by atoms with Crippen molar-refractivity contribution < 1.29 is 22.7 Å². The summed E-state index contributed by atoms with van der Waals surface area (Å²) in [5.41, 5.74) is 0.260. The lowest BCUT2D eigenvalue weighted by Gasteiger charge is -2.08. The average Bonchev–Trinajstić information content (AvgIpc) is 2.47. The Bertz CT molecular complexity index is 617. The predicted octanol–water partition coefficient (Wildman–Crippen LogP) is 3.85. The molecule has 0 unspecified atom stereocenters. The number of carbonyl (C=O) groups is 1. The van der Waals surface area contributed by atoms with Crippen molar-refractivity contribution in [3.8, 4) is 0 Å². The van der Waals surface area contributed by atoms with Crippen LogP contribution in [0.15, 0.2) is 42.5 Å². The van der Waals surface area contributed by atoms with E-state index in [0.29, 0.717) is 6.07 Å². The molecule has 0 aliphatic heterocycles. The molecule has 104 valence electrons. The van der Waals surface area contributed by atoms with Gasteiger partial charge in [-0.15, -0.1) is 0 Å². The molecule has 2 rings (SSSR count). The number of nitrogens with one attached hydrogen (secondary N) is 1. The predicted molar refractivity (Wildman–Crippen MR) is 66.6 cm³/mol. The number of hydrogen-bond acceptors (Lipinski definition) is 2. The second kappa shape index (κ2) is 6.10. The number of ether oxygens (including phenoxy) is 1. The van der Waals surface area contributed by atoms with E-state index < -0.39 is 29.2 Å². The second-order valence-electron chi connectivity index (χ2n) is 3.91. The summed E-state index contributed by atoms with van der Waals surface area (Å²) in [6.45, 7) is -0.0159. The summed E-state index contributed by atoms with van der Waals surface area (Å²) in [7, 11) is 0. The van der Waals surface area contributed by atoms with Gasteiger partial charge in [-0.05, 0) is 17.7 Å². The van der Waals surface area contributed by atoms with Crippen LogP contribution in [0.3, 0.4) is 0 Å². The van der Waals surface area contributed by atoms with Gasteiger partial charge in [-0.2, -0.15) is 0 Å². The minimum atomic E-state index is -1.65. The van der Waals surface area contributed by atoms with Crippen molar-refractivity contribution in [1.82, 2.24) is 0 Å². The SMILES string of the molecule is O=C(Nc1ccc(F)c(F)c1F)OCc1ccccc1. The molecule has 20 heavy (non-hydrogen) atoms. The summed E-state index contributed by atoms with van der Waals surface area (Å²) >= 11 is 0. The van der Waals surface area contributed by atoms with E-state index in [9.17, 15) is 18.0 Å². The van der Waals surface area contributed by atoms with Gasteiger partial charge in [0.05, 0.1) is 5.69 Å². The van der Waals surface area contributed by atoms with Crippen LogP contribution in [0.2, 0.25) is 0 Å². The first kappa shape index (κ1) is 13.9. The van der Waals surface area contributed by atoms with Crippen LogP contribution in [-0.2, 0) is 11.3 Å². The Morgan fingerprint density at radius 3 is 2.40 bits per heavy atom. The maximum Gasteiger partial charge on any atom is 0.412 e. The quantitative estimate of drug-likeness (QED) is 0.868. The van der Waals surface area contributed by atoms with Gasteiger partial charge in [0.25, 0.3) is 0 Å². The molecule has 0 radical (unpaired) electrons. The fourth-order valence-electron chi connectivity index (χ4n) is 1.49. The normalized spacial score (nSPS) is 10.2. The molecule has 0 aliphatic rings. The van der Waals surface area contributed by atoms with Crippen LogP contribution < -0.4 is 5.32 Å². The molecule has 0 heterocycles. The van der Waals surface area contributed by atoms with E-state index in [1.54, 1.807) is 30.3 Å². The topological polar surface area (TPSA) is 38.3 Å². The lowest BCUT2D eigenvalue weighted by atomic mass is 10.2. The zero-order valence-corrected chi connectivity index (χ0v) is 10.2. The van der Waals surface area contributed by atoms with Gasteiger partial charge in [0, 0.05) is 0 Å². The lowest BCUT2D eigenvalue weighted by Crippen LogP contribution is -2.15. The molecular weight excluding hydrogens is 271 g/mol. The van der Waals surface area contributed by atoms with Crippen LogP contribution in [0.5, 0.6) is 0 Å². The molecule has 0 saturated heterocycles. The molecule has 2 aromatic rings. The van der Waals surface area contributed by atoms with E-state index in [4.69, 9.17) is 4.74 Å². The number of benzene rings is 2. The maximum absolute atomic E-state index is 13.3. The van der Waals surface area contributed by atoms with Crippen molar-refractivity contribution in [2.75, 3.05) is 5.32 Å². The minimum Gasteiger partial charge on any atom is -0.444 e. The number of amides is 1. The van der Waals surface area contributed by atoms with Gasteiger partial charge in [-0.25, -0.2) is 18.0 Å². The molecule has 0 spiro atoms. The molecule has 1 N–H and O–H groups in total. The second-order valence-corrected chi connectivity index (χ2v) is 3.91. The minimum absolute atomic E-state index is 0.0159. The number of rotatable bonds is 3. The highest BCUT2D eigenvalue weighted by Gasteiger charge is 2.15. The van der Waals surface area contributed by atoms with Crippen molar-refractivity contribution in [3.05, 3.63) is 65.5 Å². The molecule has 6 heteroatoms. The standard InChI is InChI=1S/C14H10F3NO2/c15-10-6-7-11(13(17)12(10)16)18-14(19)20-8-9-4-2-1-3-5-9/h1-7H,8H2,(H,18,19). The number of carbonyl (C=O) groups excluding carboxylic acids is 1. The maximum atomic E-state index is 13.3. The molecule has 3 nitrogen and oxygen atoms in total. The number of halogens is 3. The molecule has 1 amide bonds. The highest BCUT2D eigenvalue weighted by Crippen LogP contribution is 2.19. The fraction of sp³-hybridized carbons (Fsp3) is 0.0714. The van der Waals surface area contributed by atoms with E-state index >= 15 is 0 Å². The Balaban J connectivity index is 1.97. The number of anilines is 1. The Morgan fingerprint density at radius 2 is 1.70 bits per heavy atom. The summed E-state index contributed by atoms with van der Waals surface area (Å²) in [5, 5.41) is 2.01. The van der Waals surface area contributed by atoms with Crippen LogP contribution in [0.4, 0.5) is 23.7 Å². The molecular formula is C14H10F3NO2. The highest BCUT2D eigenvalue weighted by molar-refractivity contribution is 5.84. The first-order chi connectivity index (χ1) is 9.58. The van der Waals surface area contributed by atoms with Gasteiger partial charge in [0.15, 0.2) is 17.5 Å². The largest absolute Gasteiger partial charge is 0.444 e. The molecule has 0 fully saturated rings. The third-order valence-electron chi connectivity index (χ3n) is 2.48. The van der Waals surface area contributed by atoms with Gasteiger partial charge in [-0.3, -0.25) is 5.32 Å². The van der Waals surface area contributed by atoms with Gasteiger partial charge in [0.2, 0.25) is 0 Å². The monoisotopic (exact) mass is 281 g/mol. The zero-order chi connectivity index (χ0) is 14.5. The van der Waals surface area contributed by atoms with Crippen LogP contribution in [0, 0.1) is 17.5 Å². The Hall–Kier alpha value is -2.50. The summed E-state index contributed by atoms with van der Waals surface area (Å²) in [6.07, 6.45) is -0.959. The van der Waals surface area contributed by atoms with Crippen LogP contribution in [-0.4, -0.2) is 6.09 Å². The van der Waals surface area contributed by atoms with E-state index in [1.807, 2.05) is 5.32 Å². The van der Waals surface area contributed by atoms with Crippen LogP contribution in [0.25, 0.3) is 0 Å². The third kappa shape index (κ3) is 3.28. The molecule has 0 aliphatic carbocycles. The highest BCUT2D eigenvalue weighted by atomic mass is 19.2. The average molecular weight is 281 g/mol. The molecule has 2 aromatic carbocycles. The van der Waals surface area contributed by atoms with Crippen LogP contribution >= 0.6 is 0 Å². The summed E-state index contributed by atoms with van der Waals surface area (Å²) in [4.78, 5) is 11.4. The summed E-state index contributed by atoms with van der Waals surface area (Å²) in [5.74, 6) is -4.45. The van der Waals surface area contributed by atoms with Crippen molar-refractivity contribution in [3.63, 3.8) is 0 Å². The van der Waals surface area contributed by atoms with E-state index in [0.717, 1.165) is 11.6 Å². The lowest BCUT2D eigenvalue weighted by molar-refractivity contribution is 0.155. The van der Waals surface area contributed by atoms with Gasteiger partial charge in [0.1, 0.15) is 6.61 Å². The smallest absolute Gasteiger partial charge is 0.412 e. The first-order valence-electron chi connectivity index (χ1n) is 5.69. The Morgan fingerprint density at radius 1 is 1.00 bits per heavy atom. The zero-order valence-electron chi connectivity index (χ0n) is 10.2. The summed E-state index contributed by atoms with van der Waals surface area (Å²) in [6, 6.07) is 10.5. The van der Waals surface area contributed by atoms with E-state index in [2.05, 4.69) is 0 Å². The van der Waals surface area contributed by atoms with Crippen LogP contribution in [0.1, 0.15) is 5.56 Å². The van der Waals surface area contributed by atoms with E-state index in [-0.39, 0.29) is 6.61 Å². The van der Waals surface area contributed by atoms with Gasteiger partial charge in [-0.1, -0.05) is 30.3 Å². The van der Waals surface area contributed by atoms with Crippen molar-refractivity contribution in [1.29, 1.82) is 0 Å². The molecule has 0 saturated carbocycles. The summed E-state index contributed by atoms with van der Waals surface area (Å²) < 4.78 is 43.8. The van der Waals surface area contributed by atoms with Crippen molar-refractivity contribution in [2.24, 2.45) is 0 Å². The van der Waals surface area contributed by atoms with Crippen molar-refractivity contribution >= 4 is 11.8 Å². The first-order valence-corrected chi connectivity index (χ1v) is 5.69. The number of hydrogen-bond donors (Lipinski definition) is 1. The Labute approximate surface area is 113 Å². The fourth-order valence-corrected chi connectivity index (χ4v) is 1.49.